The van der Waals surface area contributed by atoms with Gasteiger partial charge in [0.1, 0.15) is 0 Å². The molecule has 2 heterocycles. The standard InChI is InChI=1S/C11H15N3O.2ClH/c1-9-8-13-6-7-14(9)11(15)10-2-4-12-5-3-10;;/h2-5,9,13H,6-8H2,1H3;2*1H/t9-;;/m1../s1. The molecule has 1 amide bonds. The molecular formula is C11H17Cl2N3O. The van der Waals surface area contributed by atoms with E-state index >= 15 is 0 Å². The van der Waals surface area contributed by atoms with Gasteiger partial charge in [-0.15, -0.1) is 24.8 Å². The SMILES string of the molecule is C[C@@H]1CNCCN1C(=O)c1ccncc1.Cl.Cl. The summed E-state index contributed by atoms with van der Waals surface area (Å²) >= 11 is 0. The van der Waals surface area contributed by atoms with Crippen LogP contribution in [0.4, 0.5) is 0 Å². The smallest absolute Gasteiger partial charge is 0.254 e. The first kappa shape index (κ1) is 16.2. The minimum Gasteiger partial charge on any atom is -0.333 e. The Bertz CT molecular complexity index is 348. The van der Waals surface area contributed by atoms with Crippen LogP contribution in [0.2, 0.25) is 0 Å². The second-order valence-electron chi connectivity index (χ2n) is 3.79. The highest BCUT2D eigenvalue weighted by atomic mass is 35.5. The number of carbonyl (C=O) groups is 1. The van der Waals surface area contributed by atoms with Crippen LogP contribution < -0.4 is 5.32 Å². The lowest BCUT2D eigenvalue weighted by Crippen LogP contribution is -2.52. The summed E-state index contributed by atoms with van der Waals surface area (Å²) in [5, 5.41) is 3.26. The van der Waals surface area contributed by atoms with E-state index < -0.39 is 0 Å². The van der Waals surface area contributed by atoms with Gasteiger partial charge in [-0.2, -0.15) is 0 Å². The Kier molecular flexibility index (Phi) is 7.11. The van der Waals surface area contributed by atoms with E-state index in [0.29, 0.717) is 0 Å². The Morgan fingerprint density at radius 2 is 2.06 bits per heavy atom. The van der Waals surface area contributed by atoms with Gasteiger partial charge in [0.2, 0.25) is 0 Å². The summed E-state index contributed by atoms with van der Waals surface area (Å²) in [6.45, 7) is 4.59. The Balaban J connectivity index is 0.00000128. The van der Waals surface area contributed by atoms with E-state index in [2.05, 4.69) is 17.2 Å². The molecule has 0 bridgehead atoms. The number of nitrogens with zero attached hydrogens (tertiary/aromatic N) is 2. The topological polar surface area (TPSA) is 45.2 Å². The lowest BCUT2D eigenvalue weighted by atomic mass is 10.1. The predicted octanol–water partition coefficient (Wildman–Crippen LogP) is 1.36. The van der Waals surface area contributed by atoms with Gasteiger partial charge < -0.3 is 10.2 Å². The first-order valence-electron chi connectivity index (χ1n) is 5.21. The largest absolute Gasteiger partial charge is 0.333 e. The number of aromatic nitrogens is 1. The highest BCUT2D eigenvalue weighted by molar-refractivity contribution is 5.94. The highest BCUT2D eigenvalue weighted by Crippen LogP contribution is 2.09. The molecule has 17 heavy (non-hydrogen) atoms. The molecule has 1 N–H and O–H groups in total. The summed E-state index contributed by atoms with van der Waals surface area (Å²) in [6, 6.07) is 3.79. The van der Waals surface area contributed by atoms with Crippen molar-refractivity contribution >= 4 is 30.7 Å². The van der Waals surface area contributed by atoms with E-state index in [0.717, 1.165) is 25.2 Å². The highest BCUT2D eigenvalue weighted by Gasteiger charge is 2.23. The third-order valence-electron chi connectivity index (χ3n) is 2.69. The quantitative estimate of drug-likeness (QED) is 0.843. The molecule has 1 atom stereocenters. The van der Waals surface area contributed by atoms with Crippen LogP contribution in [0.15, 0.2) is 24.5 Å². The molecule has 1 aliphatic heterocycles. The number of halogens is 2. The summed E-state index contributed by atoms with van der Waals surface area (Å²) in [6.07, 6.45) is 3.31. The Morgan fingerprint density at radius 3 is 2.65 bits per heavy atom. The maximum Gasteiger partial charge on any atom is 0.254 e. The molecule has 2 rings (SSSR count). The van der Waals surface area contributed by atoms with Crippen molar-refractivity contribution in [1.29, 1.82) is 0 Å². The van der Waals surface area contributed by atoms with Crippen LogP contribution >= 0.6 is 24.8 Å². The minimum atomic E-state index is 0. The van der Waals surface area contributed by atoms with Gasteiger partial charge in [0.25, 0.3) is 5.91 Å². The fourth-order valence-corrected chi connectivity index (χ4v) is 1.80. The third-order valence-corrected chi connectivity index (χ3v) is 2.69. The molecule has 1 saturated heterocycles. The van der Waals surface area contributed by atoms with E-state index in [1.54, 1.807) is 24.5 Å². The Labute approximate surface area is 114 Å². The van der Waals surface area contributed by atoms with E-state index in [1.807, 2.05) is 4.90 Å². The summed E-state index contributed by atoms with van der Waals surface area (Å²) < 4.78 is 0. The molecule has 1 aromatic heterocycles. The fraction of sp³-hybridized carbons (Fsp3) is 0.455. The number of rotatable bonds is 1. The average molecular weight is 278 g/mol. The fourth-order valence-electron chi connectivity index (χ4n) is 1.80. The molecule has 1 fully saturated rings. The van der Waals surface area contributed by atoms with E-state index in [4.69, 9.17) is 0 Å². The first-order valence-corrected chi connectivity index (χ1v) is 5.21. The van der Waals surface area contributed by atoms with E-state index in [9.17, 15) is 4.79 Å². The van der Waals surface area contributed by atoms with Crippen molar-refractivity contribution < 1.29 is 4.79 Å². The molecular weight excluding hydrogens is 261 g/mol. The molecule has 1 aliphatic rings. The Morgan fingerprint density at radius 1 is 1.41 bits per heavy atom. The maximum atomic E-state index is 12.1. The van der Waals surface area contributed by atoms with Crippen molar-refractivity contribution in [2.24, 2.45) is 0 Å². The van der Waals surface area contributed by atoms with Gasteiger partial charge in [-0.25, -0.2) is 0 Å². The van der Waals surface area contributed by atoms with Crippen LogP contribution in [0, 0.1) is 0 Å². The lowest BCUT2D eigenvalue weighted by Gasteiger charge is -2.34. The molecule has 0 spiro atoms. The van der Waals surface area contributed by atoms with E-state index in [-0.39, 0.29) is 36.8 Å². The Hall–Kier alpha value is -0.840. The molecule has 0 radical (unpaired) electrons. The van der Waals surface area contributed by atoms with Gasteiger partial charge in [-0.1, -0.05) is 0 Å². The summed E-state index contributed by atoms with van der Waals surface area (Å²) in [5.41, 5.74) is 0.721. The maximum absolute atomic E-state index is 12.1. The average Bonchev–Trinajstić information content (AvgIpc) is 2.30. The van der Waals surface area contributed by atoms with Gasteiger partial charge in [-0.05, 0) is 19.1 Å². The van der Waals surface area contributed by atoms with Gasteiger partial charge in [0.15, 0.2) is 0 Å². The number of amides is 1. The van der Waals surface area contributed by atoms with Crippen LogP contribution in [0.1, 0.15) is 17.3 Å². The second kappa shape index (κ2) is 7.48. The zero-order valence-electron chi connectivity index (χ0n) is 9.63. The van der Waals surface area contributed by atoms with Crippen molar-refractivity contribution in [3.8, 4) is 0 Å². The molecule has 0 unspecified atom stereocenters. The number of hydrogen-bond donors (Lipinski definition) is 1. The van der Waals surface area contributed by atoms with Crippen molar-refractivity contribution in [3.63, 3.8) is 0 Å². The van der Waals surface area contributed by atoms with E-state index in [1.165, 1.54) is 0 Å². The van der Waals surface area contributed by atoms with Gasteiger partial charge >= 0.3 is 0 Å². The molecule has 0 aliphatic carbocycles. The zero-order valence-corrected chi connectivity index (χ0v) is 11.3. The minimum absolute atomic E-state index is 0. The monoisotopic (exact) mass is 277 g/mol. The molecule has 96 valence electrons. The number of piperazine rings is 1. The van der Waals surface area contributed by atoms with Crippen LogP contribution in [-0.4, -0.2) is 41.5 Å². The van der Waals surface area contributed by atoms with Crippen molar-refractivity contribution in [1.82, 2.24) is 15.2 Å². The summed E-state index contributed by atoms with van der Waals surface area (Å²) in [7, 11) is 0. The summed E-state index contributed by atoms with van der Waals surface area (Å²) in [4.78, 5) is 17.9. The van der Waals surface area contributed by atoms with Crippen LogP contribution in [-0.2, 0) is 0 Å². The zero-order chi connectivity index (χ0) is 10.7. The summed E-state index contributed by atoms with van der Waals surface area (Å²) in [5.74, 6) is 0.103. The predicted molar refractivity (Wildman–Crippen MR) is 72.1 cm³/mol. The second-order valence-corrected chi connectivity index (χ2v) is 3.79. The normalized spacial score (nSPS) is 18.9. The number of carbonyl (C=O) groups excluding carboxylic acids is 1. The van der Waals surface area contributed by atoms with Crippen molar-refractivity contribution in [2.75, 3.05) is 19.6 Å². The lowest BCUT2D eigenvalue weighted by molar-refractivity contribution is 0.0655. The molecule has 0 aromatic carbocycles. The molecule has 0 saturated carbocycles. The number of hydrogen-bond acceptors (Lipinski definition) is 3. The molecule has 6 heteroatoms. The van der Waals surface area contributed by atoms with Crippen molar-refractivity contribution in [2.45, 2.75) is 13.0 Å². The first-order chi connectivity index (χ1) is 7.29. The molecule has 4 nitrogen and oxygen atoms in total. The van der Waals surface area contributed by atoms with Crippen LogP contribution in [0.3, 0.4) is 0 Å². The number of nitrogens with one attached hydrogen (secondary N) is 1. The van der Waals surface area contributed by atoms with Crippen LogP contribution in [0.25, 0.3) is 0 Å². The van der Waals surface area contributed by atoms with Gasteiger partial charge in [-0.3, -0.25) is 9.78 Å². The molecule has 1 aromatic rings. The third kappa shape index (κ3) is 3.84. The number of pyridine rings is 1. The van der Waals surface area contributed by atoms with Crippen molar-refractivity contribution in [3.05, 3.63) is 30.1 Å². The van der Waals surface area contributed by atoms with Gasteiger partial charge in [0.05, 0.1) is 0 Å². The van der Waals surface area contributed by atoms with Gasteiger partial charge in [0, 0.05) is 43.6 Å². The van der Waals surface area contributed by atoms with Crippen LogP contribution in [0.5, 0.6) is 0 Å².